The summed E-state index contributed by atoms with van der Waals surface area (Å²) in [4.78, 5) is 13.1. The SMILES string of the molecule is CC(C)(C)OC(=O)N1Cc2cc(C(F)F)c(C(F)(F)F)cc2C1. The molecule has 23 heavy (non-hydrogen) atoms. The summed E-state index contributed by atoms with van der Waals surface area (Å²) in [6.07, 6.45) is -8.81. The van der Waals surface area contributed by atoms with Gasteiger partial charge in [-0.3, -0.25) is 4.90 Å². The maximum Gasteiger partial charge on any atom is 0.416 e. The first-order valence-electron chi connectivity index (χ1n) is 6.87. The van der Waals surface area contributed by atoms with Crippen molar-refractivity contribution in [2.45, 2.75) is 52.1 Å². The summed E-state index contributed by atoms with van der Waals surface area (Å²) >= 11 is 0. The molecule has 0 fully saturated rings. The number of halogens is 5. The van der Waals surface area contributed by atoms with Gasteiger partial charge in [-0.1, -0.05) is 0 Å². The van der Waals surface area contributed by atoms with Gasteiger partial charge < -0.3 is 4.74 Å². The van der Waals surface area contributed by atoms with Crippen LogP contribution in [0.15, 0.2) is 12.1 Å². The normalized spacial score (nSPS) is 15.1. The third-order valence-electron chi connectivity index (χ3n) is 3.29. The van der Waals surface area contributed by atoms with Gasteiger partial charge in [0.1, 0.15) is 5.60 Å². The number of alkyl halides is 5. The molecule has 0 aliphatic carbocycles. The number of carbonyl (C=O) groups excluding carboxylic acids is 1. The molecule has 0 saturated heterocycles. The Hall–Kier alpha value is -1.86. The Morgan fingerprint density at radius 3 is 2.09 bits per heavy atom. The van der Waals surface area contributed by atoms with Gasteiger partial charge in [0.15, 0.2) is 0 Å². The van der Waals surface area contributed by atoms with Crippen molar-refractivity contribution in [2.24, 2.45) is 0 Å². The van der Waals surface area contributed by atoms with Crippen molar-refractivity contribution in [3.63, 3.8) is 0 Å². The summed E-state index contributed by atoms with van der Waals surface area (Å²) in [6.45, 7) is 4.82. The smallest absolute Gasteiger partial charge is 0.416 e. The zero-order valence-electron chi connectivity index (χ0n) is 12.8. The lowest BCUT2D eigenvalue weighted by Crippen LogP contribution is -2.33. The first-order chi connectivity index (χ1) is 10.4. The Bertz CT molecular complexity index is 620. The molecule has 2 rings (SSSR count). The van der Waals surface area contributed by atoms with Crippen LogP contribution in [-0.4, -0.2) is 16.6 Å². The number of ether oxygens (including phenoxy) is 1. The predicted molar refractivity (Wildman–Crippen MR) is 71.9 cm³/mol. The Kier molecular flexibility index (Phi) is 4.30. The van der Waals surface area contributed by atoms with Gasteiger partial charge in [0.05, 0.1) is 5.56 Å². The van der Waals surface area contributed by atoms with Gasteiger partial charge in [-0.25, -0.2) is 13.6 Å². The van der Waals surface area contributed by atoms with Crippen LogP contribution in [0.25, 0.3) is 0 Å². The van der Waals surface area contributed by atoms with Crippen LogP contribution in [0.1, 0.15) is 49.5 Å². The number of nitrogens with zero attached hydrogens (tertiary/aromatic N) is 1. The summed E-state index contributed by atoms with van der Waals surface area (Å²) in [5.41, 5.74) is -2.71. The maximum absolute atomic E-state index is 12.9. The van der Waals surface area contributed by atoms with Crippen LogP contribution in [0.4, 0.5) is 26.7 Å². The number of hydrogen-bond acceptors (Lipinski definition) is 2. The summed E-state index contributed by atoms with van der Waals surface area (Å²) < 4.78 is 69.7. The Labute approximate surface area is 130 Å². The van der Waals surface area contributed by atoms with Gasteiger partial charge in [-0.2, -0.15) is 13.2 Å². The van der Waals surface area contributed by atoms with Gasteiger partial charge in [0, 0.05) is 18.7 Å². The first-order valence-corrected chi connectivity index (χ1v) is 6.87. The van der Waals surface area contributed by atoms with Crippen molar-refractivity contribution in [2.75, 3.05) is 0 Å². The summed E-state index contributed by atoms with van der Waals surface area (Å²) in [5.74, 6) is 0. The summed E-state index contributed by atoms with van der Waals surface area (Å²) in [7, 11) is 0. The van der Waals surface area contributed by atoms with Crippen LogP contribution in [0.3, 0.4) is 0 Å². The highest BCUT2D eigenvalue weighted by molar-refractivity contribution is 5.69. The van der Waals surface area contributed by atoms with Crippen LogP contribution >= 0.6 is 0 Å². The van der Waals surface area contributed by atoms with Gasteiger partial charge in [0.25, 0.3) is 6.43 Å². The van der Waals surface area contributed by atoms with Crippen molar-refractivity contribution in [3.8, 4) is 0 Å². The lowest BCUT2D eigenvalue weighted by molar-refractivity contribution is -0.139. The van der Waals surface area contributed by atoms with Crippen molar-refractivity contribution < 1.29 is 31.5 Å². The van der Waals surface area contributed by atoms with E-state index in [0.717, 1.165) is 6.07 Å². The fourth-order valence-electron chi connectivity index (χ4n) is 2.35. The maximum atomic E-state index is 12.9. The molecule has 1 aromatic carbocycles. The van der Waals surface area contributed by atoms with Gasteiger partial charge in [-0.05, 0) is 44.0 Å². The minimum absolute atomic E-state index is 0.0535. The molecule has 0 atom stereocenters. The van der Waals surface area contributed by atoms with E-state index in [9.17, 15) is 26.7 Å². The van der Waals surface area contributed by atoms with Gasteiger partial charge in [-0.15, -0.1) is 0 Å². The molecule has 1 aromatic rings. The van der Waals surface area contributed by atoms with E-state index in [1.165, 1.54) is 4.90 Å². The van der Waals surface area contributed by atoms with Crippen molar-refractivity contribution >= 4 is 6.09 Å². The zero-order valence-corrected chi connectivity index (χ0v) is 12.8. The molecule has 0 spiro atoms. The molecule has 1 aliphatic rings. The van der Waals surface area contributed by atoms with Gasteiger partial charge >= 0.3 is 12.3 Å². The summed E-state index contributed by atoms with van der Waals surface area (Å²) in [5, 5.41) is 0. The van der Waals surface area contributed by atoms with E-state index in [1.807, 2.05) is 0 Å². The van der Waals surface area contributed by atoms with E-state index in [1.54, 1.807) is 20.8 Å². The molecule has 0 aromatic heterocycles. The van der Waals surface area contributed by atoms with Crippen LogP contribution in [0.5, 0.6) is 0 Å². The van der Waals surface area contributed by atoms with E-state index in [-0.39, 0.29) is 24.2 Å². The van der Waals surface area contributed by atoms with Crippen LogP contribution < -0.4 is 0 Å². The van der Waals surface area contributed by atoms with E-state index >= 15 is 0 Å². The molecule has 3 nitrogen and oxygen atoms in total. The van der Waals surface area contributed by atoms with E-state index in [0.29, 0.717) is 6.07 Å². The van der Waals surface area contributed by atoms with Crippen LogP contribution in [0.2, 0.25) is 0 Å². The third kappa shape index (κ3) is 3.92. The Balaban J connectivity index is 2.31. The minimum atomic E-state index is -4.87. The van der Waals surface area contributed by atoms with Crippen molar-refractivity contribution in [1.82, 2.24) is 4.90 Å². The molecule has 0 radical (unpaired) electrons. The molecule has 0 unspecified atom stereocenters. The van der Waals surface area contributed by atoms with Crippen molar-refractivity contribution in [3.05, 3.63) is 34.4 Å². The number of hydrogen-bond donors (Lipinski definition) is 0. The average Bonchev–Trinajstić information content (AvgIpc) is 2.76. The highest BCUT2D eigenvalue weighted by Crippen LogP contribution is 2.40. The molecule has 0 N–H and O–H groups in total. The number of amides is 1. The monoisotopic (exact) mass is 337 g/mol. The Morgan fingerprint density at radius 1 is 1.13 bits per heavy atom. The number of carbonyl (C=O) groups is 1. The van der Waals surface area contributed by atoms with E-state index < -0.39 is 35.4 Å². The molecule has 1 aliphatic heterocycles. The zero-order chi connectivity index (χ0) is 17.6. The quantitative estimate of drug-likeness (QED) is 0.683. The lowest BCUT2D eigenvalue weighted by atomic mass is 10.00. The summed E-state index contributed by atoms with van der Waals surface area (Å²) in [6, 6.07) is 1.52. The van der Waals surface area contributed by atoms with Gasteiger partial charge in [0.2, 0.25) is 0 Å². The molecule has 0 bridgehead atoms. The molecule has 1 amide bonds. The molecule has 8 heteroatoms. The highest BCUT2D eigenvalue weighted by Gasteiger charge is 2.38. The Morgan fingerprint density at radius 2 is 1.65 bits per heavy atom. The highest BCUT2D eigenvalue weighted by atomic mass is 19.4. The first kappa shape index (κ1) is 17.5. The van der Waals surface area contributed by atoms with Crippen LogP contribution in [0, 0.1) is 0 Å². The average molecular weight is 337 g/mol. The fraction of sp³-hybridized carbons (Fsp3) is 0.533. The fourth-order valence-corrected chi connectivity index (χ4v) is 2.35. The molecule has 1 heterocycles. The van der Waals surface area contributed by atoms with Crippen LogP contribution in [-0.2, 0) is 24.0 Å². The molecule has 128 valence electrons. The molecular weight excluding hydrogens is 321 g/mol. The predicted octanol–water partition coefficient (Wildman–Crippen LogP) is 4.89. The molecular formula is C15H16F5NO2. The largest absolute Gasteiger partial charge is 0.444 e. The second kappa shape index (κ2) is 5.65. The van der Waals surface area contributed by atoms with E-state index in [2.05, 4.69) is 0 Å². The topological polar surface area (TPSA) is 29.5 Å². The number of benzene rings is 1. The standard InChI is InChI=1S/C15H16F5NO2/c1-14(2,3)23-13(22)21-6-8-4-10(12(16)17)11(15(18,19)20)5-9(8)7-21/h4-5,12H,6-7H2,1-3H3. The number of fused-ring (bicyclic) bond motifs is 1. The second-order valence-corrected chi connectivity index (χ2v) is 6.34. The third-order valence-corrected chi connectivity index (χ3v) is 3.29. The molecule has 0 saturated carbocycles. The lowest BCUT2D eigenvalue weighted by Gasteiger charge is -2.24. The minimum Gasteiger partial charge on any atom is -0.444 e. The van der Waals surface area contributed by atoms with Crippen molar-refractivity contribution in [1.29, 1.82) is 0 Å². The van der Waals surface area contributed by atoms with E-state index in [4.69, 9.17) is 4.74 Å². The second-order valence-electron chi connectivity index (χ2n) is 6.34. The number of rotatable bonds is 1.